The Labute approximate surface area is 161 Å². The number of aromatic nitrogens is 1. The van der Waals surface area contributed by atoms with E-state index in [1.807, 2.05) is 38.1 Å². The number of para-hydroxylation sites is 1. The molecule has 3 heterocycles. The van der Waals surface area contributed by atoms with Crippen molar-refractivity contribution in [1.82, 2.24) is 9.88 Å². The highest BCUT2D eigenvalue weighted by Gasteiger charge is 2.53. The SMILES string of the molecule is Cc1[nH]c2ccccc2c1C(=O)[C@H](C)OC(=O)[C@@H]1CS[C@@]2(C)CCC(=O)N12. The van der Waals surface area contributed by atoms with Crippen molar-refractivity contribution < 1.29 is 19.1 Å². The van der Waals surface area contributed by atoms with Gasteiger partial charge >= 0.3 is 5.97 Å². The van der Waals surface area contributed by atoms with Gasteiger partial charge in [0.25, 0.3) is 0 Å². The largest absolute Gasteiger partial charge is 0.453 e. The zero-order valence-corrected chi connectivity index (χ0v) is 16.4. The van der Waals surface area contributed by atoms with Gasteiger partial charge in [-0.15, -0.1) is 11.8 Å². The zero-order chi connectivity index (χ0) is 19.3. The Morgan fingerprint density at radius 1 is 1.37 bits per heavy atom. The van der Waals surface area contributed by atoms with Gasteiger partial charge < -0.3 is 14.6 Å². The number of esters is 1. The molecule has 2 saturated heterocycles. The minimum absolute atomic E-state index is 0.0177. The van der Waals surface area contributed by atoms with Crippen molar-refractivity contribution in [3.05, 3.63) is 35.5 Å². The first-order chi connectivity index (χ1) is 12.8. The van der Waals surface area contributed by atoms with Crippen LogP contribution in [0.5, 0.6) is 0 Å². The number of fused-ring (bicyclic) bond motifs is 2. The van der Waals surface area contributed by atoms with Gasteiger partial charge in [-0.25, -0.2) is 4.79 Å². The van der Waals surface area contributed by atoms with Crippen LogP contribution in [0.25, 0.3) is 10.9 Å². The smallest absolute Gasteiger partial charge is 0.330 e. The average molecular weight is 386 g/mol. The van der Waals surface area contributed by atoms with Gasteiger partial charge in [0.2, 0.25) is 11.7 Å². The van der Waals surface area contributed by atoms with Crippen molar-refractivity contribution in [2.45, 2.75) is 50.6 Å². The van der Waals surface area contributed by atoms with Gasteiger partial charge in [-0.05, 0) is 33.3 Å². The predicted octanol–water partition coefficient (Wildman–Crippen LogP) is 3.04. The maximum absolute atomic E-state index is 13.0. The van der Waals surface area contributed by atoms with Crippen LogP contribution in [0.2, 0.25) is 0 Å². The lowest BCUT2D eigenvalue weighted by molar-refractivity contribution is -0.155. The number of rotatable bonds is 4. The molecule has 27 heavy (non-hydrogen) atoms. The van der Waals surface area contributed by atoms with Crippen LogP contribution in [0.4, 0.5) is 0 Å². The number of ketones is 1. The van der Waals surface area contributed by atoms with Crippen molar-refractivity contribution in [3.63, 3.8) is 0 Å². The van der Waals surface area contributed by atoms with Crippen LogP contribution >= 0.6 is 11.8 Å². The summed E-state index contributed by atoms with van der Waals surface area (Å²) in [5.74, 6) is -0.246. The quantitative estimate of drug-likeness (QED) is 0.645. The summed E-state index contributed by atoms with van der Waals surface area (Å²) in [5.41, 5.74) is 2.18. The third-order valence-electron chi connectivity index (χ3n) is 5.52. The Kier molecular flexibility index (Phi) is 4.29. The van der Waals surface area contributed by atoms with Crippen molar-refractivity contribution in [1.29, 1.82) is 0 Å². The fourth-order valence-corrected chi connectivity index (χ4v) is 5.52. The normalized spacial score (nSPS) is 25.7. The first-order valence-electron chi connectivity index (χ1n) is 9.10. The van der Waals surface area contributed by atoms with Crippen molar-refractivity contribution in [2.24, 2.45) is 0 Å². The third-order valence-corrected chi connectivity index (χ3v) is 7.02. The lowest BCUT2D eigenvalue weighted by Gasteiger charge is -2.29. The molecular weight excluding hydrogens is 364 g/mol. The zero-order valence-electron chi connectivity index (χ0n) is 15.6. The molecule has 6 nitrogen and oxygen atoms in total. The summed E-state index contributed by atoms with van der Waals surface area (Å²) in [4.78, 5) is 42.4. The predicted molar refractivity (Wildman–Crippen MR) is 104 cm³/mol. The van der Waals surface area contributed by atoms with E-state index in [4.69, 9.17) is 4.74 Å². The highest BCUT2D eigenvalue weighted by Crippen LogP contribution is 2.47. The number of ether oxygens (including phenoxy) is 1. The maximum Gasteiger partial charge on any atom is 0.330 e. The minimum Gasteiger partial charge on any atom is -0.453 e. The average Bonchev–Trinajstić information content (AvgIpc) is 3.24. The van der Waals surface area contributed by atoms with Crippen LogP contribution < -0.4 is 0 Å². The number of aromatic amines is 1. The molecule has 2 aromatic rings. The number of carbonyl (C=O) groups is 3. The molecule has 3 atom stereocenters. The Hall–Kier alpha value is -2.28. The summed E-state index contributed by atoms with van der Waals surface area (Å²) in [5, 5.41) is 0.821. The molecule has 2 fully saturated rings. The molecule has 142 valence electrons. The summed E-state index contributed by atoms with van der Waals surface area (Å²) in [7, 11) is 0. The second kappa shape index (κ2) is 6.41. The summed E-state index contributed by atoms with van der Waals surface area (Å²) >= 11 is 1.61. The Morgan fingerprint density at radius 2 is 2.11 bits per heavy atom. The van der Waals surface area contributed by atoms with Crippen molar-refractivity contribution in [3.8, 4) is 0 Å². The van der Waals surface area contributed by atoms with Crippen LogP contribution in [0.3, 0.4) is 0 Å². The molecule has 1 amide bonds. The van der Waals surface area contributed by atoms with Gasteiger partial charge in [0.15, 0.2) is 6.10 Å². The molecule has 7 heteroatoms. The number of nitrogens with zero attached hydrogens (tertiary/aromatic N) is 1. The lowest BCUT2D eigenvalue weighted by atomic mass is 10.0. The lowest BCUT2D eigenvalue weighted by Crippen LogP contribution is -2.47. The van der Waals surface area contributed by atoms with E-state index in [1.54, 1.807) is 23.6 Å². The van der Waals surface area contributed by atoms with Crippen LogP contribution in [0.15, 0.2) is 24.3 Å². The van der Waals surface area contributed by atoms with Gasteiger partial charge in [0, 0.05) is 34.3 Å². The second-order valence-corrected chi connectivity index (χ2v) is 8.88. The first-order valence-corrected chi connectivity index (χ1v) is 10.1. The van der Waals surface area contributed by atoms with Crippen LogP contribution in [-0.4, -0.2) is 50.3 Å². The number of thioether (sulfide) groups is 1. The van der Waals surface area contributed by atoms with E-state index in [2.05, 4.69) is 4.98 Å². The second-order valence-electron chi connectivity index (χ2n) is 7.38. The fourth-order valence-electron chi connectivity index (χ4n) is 4.10. The number of nitrogens with one attached hydrogen (secondary N) is 1. The van der Waals surface area contributed by atoms with Gasteiger partial charge in [-0.2, -0.15) is 0 Å². The molecule has 0 aliphatic carbocycles. The molecule has 1 aromatic carbocycles. The number of amides is 1. The third kappa shape index (κ3) is 2.84. The number of hydrogen-bond donors (Lipinski definition) is 1. The number of Topliss-reactive ketones (excluding diaryl/α,β-unsaturated/α-hetero) is 1. The van der Waals surface area contributed by atoms with Gasteiger partial charge in [0.1, 0.15) is 6.04 Å². The standard InChI is InChI=1S/C20H22N2O4S/c1-11-17(13-6-4-5-7-14(13)21-11)18(24)12(2)26-19(25)15-10-27-20(3)9-8-16(23)22(15)20/h4-7,12,15,21H,8-10H2,1-3H3/t12-,15-,20-/m0/s1. The highest BCUT2D eigenvalue weighted by atomic mass is 32.2. The molecule has 0 saturated carbocycles. The van der Waals surface area contributed by atoms with E-state index in [0.29, 0.717) is 17.7 Å². The van der Waals surface area contributed by atoms with Crippen LogP contribution in [0.1, 0.15) is 42.7 Å². The summed E-state index contributed by atoms with van der Waals surface area (Å²) in [6.45, 7) is 5.41. The summed E-state index contributed by atoms with van der Waals surface area (Å²) < 4.78 is 5.52. The molecule has 0 unspecified atom stereocenters. The minimum atomic E-state index is -0.912. The van der Waals surface area contributed by atoms with E-state index < -0.39 is 18.1 Å². The number of carbonyl (C=O) groups excluding carboxylic acids is 3. The number of H-pyrrole nitrogens is 1. The monoisotopic (exact) mass is 386 g/mol. The Morgan fingerprint density at radius 3 is 2.89 bits per heavy atom. The Bertz CT molecular complexity index is 953. The molecule has 0 radical (unpaired) electrons. The van der Waals surface area contributed by atoms with Gasteiger partial charge in [-0.3, -0.25) is 9.59 Å². The fraction of sp³-hybridized carbons (Fsp3) is 0.450. The topological polar surface area (TPSA) is 79.5 Å². The van der Waals surface area contributed by atoms with Crippen LogP contribution in [0, 0.1) is 6.92 Å². The van der Waals surface area contributed by atoms with Gasteiger partial charge in [0.05, 0.1) is 4.87 Å². The summed E-state index contributed by atoms with van der Waals surface area (Å²) in [6.07, 6.45) is 0.282. The molecule has 2 aliphatic heterocycles. The van der Waals surface area contributed by atoms with E-state index in [9.17, 15) is 14.4 Å². The summed E-state index contributed by atoms with van der Waals surface area (Å²) in [6, 6.07) is 6.94. The van der Waals surface area contributed by atoms with E-state index in [0.717, 1.165) is 23.0 Å². The van der Waals surface area contributed by atoms with Crippen molar-refractivity contribution >= 4 is 40.3 Å². The van der Waals surface area contributed by atoms with E-state index in [-0.39, 0.29) is 16.6 Å². The molecule has 4 rings (SSSR count). The molecule has 0 spiro atoms. The van der Waals surface area contributed by atoms with E-state index in [1.165, 1.54) is 0 Å². The maximum atomic E-state index is 13.0. The highest BCUT2D eigenvalue weighted by molar-refractivity contribution is 8.01. The molecule has 1 N–H and O–H groups in total. The Balaban J connectivity index is 1.53. The number of benzene rings is 1. The van der Waals surface area contributed by atoms with Gasteiger partial charge in [-0.1, -0.05) is 18.2 Å². The van der Waals surface area contributed by atoms with E-state index >= 15 is 0 Å². The molecule has 2 aliphatic rings. The first kappa shape index (κ1) is 18.1. The molecule has 0 bridgehead atoms. The number of hydrogen-bond acceptors (Lipinski definition) is 5. The molecular formula is C20H22N2O4S. The van der Waals surface area contributed by atoms with Crippen LogP contribution in [-0.2, 0) is 14.3 Å². The molecule has 1 aromatic heterocycles. The number of aryl methyl sites for hydroxylation is 1. The van der Waals surface area contributed by atoms with Crippen molar-refractivity contribution in [2.75, 3.05) is 5.75 Å².